The van der Waals surface area contributed by atoms with E-state index in [9.17, 15) is 10.0 Å². The third kappa shape index (κ3) is 9.73. The molecule has 0 aromatic rings. The number of hydrogen-bond acceptors (Lipinski definition) is 7. The summed E-state index contributed by atoms with van der Waals surface area (Å²) in [4.78, 5) is 11.8. The molecule has 7 nitrogen and oxygen atoms in total. The number of aliphatic hydroxyl groups is 1. The molecule has 0 fully saturated rings. The van der Waals surface area contributed by atoms with E-state index in [0.29, 0.717) is 19.6 Å². The molecule has 1 atom stereocenters. The lowest BCUT2D eigenvalue weighted by Gasteiger charge is -2.12. The summed E-state index contributed by atoms with van der Waals surface area (Å²) in [6.45, 7) is 1.26. The highest BCUT2D eigenvalue weighted by molar-refractivity contribution is 5.76. The average molecular weight is 259 g/mol. The maximum atomic E-state index is 9.82. The van der Waals surface area contributed by atoms with Crippen LogP contribution in [0.1, 0.15) is 12.8 Å². The fraction of sp³-hybridized carbons (Fsp3) is 0.727. The smallest absolute Gasteiger partial charge is 0.228 e. The van der Waals surface area contributed by atoms with Crippen LogP contribution in [0.5, 0.6) is 0 Å². The maximum absolute atomic E-state index is 9.82. The first-order chi connectivity index (χ1) is 8.60. The van der Waals surface area contributed by atoms with Crippen molar-refractivity contribution >= 4 is 5.90 Å². The van der Waals surface area contributed by atoms with Gasteiger partial charge in [-0.3, -0.25) is 0 Å². The summed E-state index contributed by atoms with van der Waals surface area (Å²) in [5, 5.41) is 24.0. The highest BCUT2D eigenvalue weighted by atomic mass is 16.5. The minimum atomic E-state index is -0.804. The number of hydrogen-bond donors (Lipinski definition) is 2. The molecule has 104 valence electrons. The summed E-state index contributed by atoms with van der Waals surface area (Å²) in [6.07, 6.45) is 2.94. The first kappa shape index (κ1) is 16.5. The highest BCUT2D eigenvalue weighted by Gasteiger charge is 2.08. The second-order valence-corrected chi connectivity index (χ2v) is 3.99. The molecule has 0 aliphatic heterocycles. The van der Waals surface area contributed by atoms with Crippen LogP contribution in [0.2, 0.25) is 0 Å². The molecule has 0 aromatic heterocycles. The van der Waals surface area contributed by atoms with E-state index >= 15 is 0 Å². The average Bonchev–Trinajstić information content (AvgIpc) is 2.33. The molecule has 2 N–H and O–H groups in total. The Morgan fingerprint density at radius 3 is 2.78 bits per heavy atom. The molecule has 0 bridgehead atoms. The van der Waals surface area contributed by atoms with Gasteiger partial charge in [0.25, 0.3) is 0 Å². The topological polar surface area (TPSA) is 94.7 Å². The van der Waals surface area contributed by atoms with Gasteiger partial charge in [0.15, 0.2) is 0 Å². The summed E-state index contributed by atoms with van der Waals surface area (Å²) < 4.78 is 5.20. The number of likely N-dealkylation sites (N-methyl/N-ethyl adjacent to an activating group) is 1. The van der Waals surface area contributed by atoms with E-state index < -0.39 is 6.10 Å². The van der Waals surface area contributed by atoms with E-state index in [1.54, 1.807) is 6.08 Å². The van der Waals surface area contributed by atoms with Crippen LogP contribution in [0, 0.1) is 4.91 Å². The summed E-state index contributed by atoms with van der Waals surface area (Å²) in [6, 6.07) is 0. The standard InChI is InChI=1S/C11H21N3O4/c1-14(2)7-8-18-11(13-17)9-10(15)5-3-4-6-12-16/h3,5,10,15,17H,4,6-9H2,1-2H3/b5-3+,13-11?/t10-/m1/s1. The summed E-state index contributed by atoms with van der Waals surface area (Å²) in [5.74, 6) is 0.0857. The van der Waals surface area contributed by atoms with Crippen LogP contribution in [0.4, 0.5) is 0 Å². The Hall–Kier alpha value is -1.47. The molecule has 0 spiro atoms. The Morgan fingerprint density at radius 1 is 1.50 bits per heavy atom. The van der Waals surface area contributed by atoms with Gasteiger partial charge >= 0.3 is 0 Å². The zero-order chi connectivity index (χ0) is 13.8. The molecule has 0 rings (SSSR count). The van der Waals surface area contributed by atoms with Crippen molar-refractivity contribution in [1.82, 2.24) is 4.90 Å². The summed E-state index contributed by atoms with van der Waals surface area (Å²) >= 11 is 0. The Kier molecular flexibility index (Phi) is 9.80. The van der Waals surface area contributed by atoms with Crippen LogP contribution in [-0.2, 0) is 4.74 Å². The molecular formula is C11H21N3O4. The molecule has 18 heavy (non-hydrogen) atoms. The number of ether oxygens (including phenoxy) is 1. The van der Waals surface area contributed by atoms with Crippen LogP contribution in [0.3, 0.4) is 0 Å². The van der Waals surface area contributed by atoms with Crippen molar-refractivity contribution in [3.63, 3.8) is 0 Å². The Morgan fingerprint density at radius 2 is 2.22 bits per heavy atom. The Labute approximate surface area is 107 Å². The molecule has 0 saturated heterocycles. The van der Waals surface area contributed by atoms with Gasteiger partial charge in [0.1, 0.15) is 6.61 Å². The molecule has 0 saturated carbocycles. The Bertz CT molecular complexity index is 279. The number of oxime groups is 1. The normalized spacial score (nSPS) is 14.1. The minimum Gasteiger partial charge on any atom is -0.477 e. The van der Waals surface area contributed by atoms with Gasteiger partial charge in [0, 0.05) is 6.54 Å². The van der Waals surface area contributed by atoms with Crippen molar-refractivity contribution < 1.29 is 15.1 Å². The monoisotopic (exact) mass is 259 g/mol. The van der Waals surface area contributed by atoms with E-state index in [2.05, 4.69) is 10.3 Å². The van der Waals surface area contributed by atoms with Gasteiger partial charge in [-0.1, -0.05) is 22.5 Å². The molecule has 0 radical (unpaired) electrons. The lowest BCUT2D eigenvalue weighted by molar-refractivity contribution is 0.189. The van der Waals surface area contributed by atoms with Crippen LogP contribution < -0.4 is 0 Å². The highest BCUT2D eigenvalue weighted by Crippen LogP contribution is 2.00. The number of nitrogens with zero attached hydrogens (tertiary/aromatic N) is 3. The van der Waals surface area contributed by atoms with Crippen molar-refractivity contribution in [2.45, 2.75) is 18.9 Å². The molecule has 0 amide bonds. The first-order valence-electron chi connectivity index (χ1n) is 5.72. The lowest BCUT2D eigenvalue weighted by atomic mass is 10.2. The molecule has 7 heteroatoms. The second-order valence-electron chi connectivity index (χ2n) is 3.99. The number of nitroso groups, excluding NO2 is 1. The predicted molar refractivity (Wildman–Crippen MR) is 68.8 cm³/mol. The zero-order valence-electron chi connectivity index (χ0n) is 10.8. The molecule has 0 aliphatic rings. The quantitative estimate of drug-likeness (QED) is 0.122. The zero-order valence-corrected chi connectivity index (χ0v) is 10.8. The fourth-order valence-corrected chi connectivity index (χ4v) is 1.10. The van der Waals surface area contributed by atoms with Gasteiger partial charge in [0.05, 0.1) is 19.1 Å². The predicted octanol–water partition coefficient (Wildman–Crippen LogP) is 0.816. The van der Waals surface area contributed by atoms with Gasteiger partial charge in [-0.25, -0.2) is 0 Å². The first-order valence-corrected chi connectivity index (χ1v) is 5.72. The van der Waals surface area contributed by atoms with E-state index in [4.69, 9.17) is 9.94 Å². The van der Waals surface area contributed by atoms with Gasteiger partial charge in [-0.05, 0) is 20.5 Å². The number of rotatable bonds is 9. The summed E-state index contributed by atoms with van der Waals surface area (Å²) in [5.41, 5.74) is 0. The van der Waals surface area contributed by atoms with Gasteiger partial charge in [-0.15, -0.1) is 0 Å². The molecule has 0 heterocycles. The molecule has 0 aliphatic carbocycles. The van der Waals surface area contributed by atoms with Gasteiger partial charge < -0.3 is 20.0 Å². The van der Waals surface area contributed by atoms with E-state index in [0.717, 1.165) is 0 Å². The summed E-state index contributed by atoms with van der Waals surface area (Å²) in [7, 11) is 3.80. The second kappa shape index (κ2) is 10.7. The van der Waals surface area contributed by atoms with Gasteiger partial charge in [-0.2, -0.15) is 4.91 Å². The molecule has 0 aromatic carbocycles. The molecular weight excluding hydrogens is 238 g/mol. The largest absolute Gasteiger partial charge is 0.477 e. The SMILES string of the molecule is CN(C)CCOC(C[C@H](O)/C=C/CCN=O)=NO. The third-order valence-electron chi connectivity index (χ3n) is 2.05. The van der Waals surface area contributed by atoms with Crippen LogP contribution in [-0.4, -0.2) is 61.0 Å². The fourth-order valence-electron chi connectivity index (χ4n) is 1.10. The van der Waals surface area contributed by atoms with E-state index in [-0.39, 0.29) is 18.9 Å². The maximum Gasteiger partial charge on any atom is 0.228 e. The molecule has 0 unspecified atom stereocenters. The minimum absolute atomic E-state index is 0.0857. The van der Waals surface area contributed by atoms with Crippen molar-refractivity contribution in [3.8, 4) is 0 Å². The van der Waals surface area contributed by atoms with Gasteiger partial charge in [0.2, 0.25) is 5.90 Å². The lowest BCUT2D eigenvalue weighted by Crippen LogP contribution is -2.22. The third-order valence-corrected chi connectivity index (χ3v) is 2.05. The van der Waals surface area contributed by atoms with Crippen molar-refractivity contribution in [3.05, 3.63) is 17.1 Å². The Balaban J connectivity index is 3.90. The number of aliphatic hydroxyl groups excluding tert-OH is 1. The van der Waals surface area contributed by atoms with Crippen LogP contribution in [0.25, 0.3) is 0 Å². The van der Waals surface area contributed by atoms with E-state index in [1.165, 1.54) is 6.08 Å². The van der Waals surface area contributed by atoms with Crippen molar-refractivity contribution in [1.29, 1.82) is 0 Å². The van der Waals surface area contributed by atoms with Crippen molar-refractivity contribution in [2.75, 3.05) is 33.8 Å². The van der Waals surface area contributed by atoms with Crippen LogP contribution in [0.15, 0.2) is 22.5 Å². The van der Waals surface area contributed by atoms with Crippen LogP contribution >= 0.6 is 0 Å². The van der Waals surface area contributed by atoms with Crippen molar-refractivity contribution in [2.24, 2.45) is 10.3 Å². The van der Waals surface area contributed by atoms with E-state index in [1.807, 2.05) is 19.0 Å².